The molecule has 3 aromatic rings. The number of aromatic nitrogens is 2. The molecule has 0 aliphatic heterocycles. The third-order valence-corrected chi connectivity index (χ3v) is 3.62. The molecule has 21 heavy (non-hydrogen) atoms. The fourth-order valence-corrected chi connectivity index (χ4v) is 2.45. The Morgan fingerprint density at radius 1 is 1.19 bits per heavy atom. The first-order valence-corrected chi connectivity index (χ1v) is 6.92. The van der Waals surface area contributed by atoms with Crippen LogP contribution >= 0.6 is 0 Å². The van der Waals surface area contributed by atoms with Crippen molar-refractivity contribution < 1.29 is 4.79 Å². The van der Waals surface area contributed by atoms with E-state index in [1.807, 2.05) is 49.6 Å². The standard InChI is InChI=1S/C17H17N3O/c1-20(12-13-5-8-18-9-6-13)17(21)11-14-3-2-4-16-15(14)7-10-19-16/h2-10,19H,11-12H2,1H3. The first kappa shape index (κ1) is 13.4. The first-order chi connectivity index (χ1) is 10.2. The van der Waals surface area contributed by atoms with Crippen LogP contribution in [0.3, 0.4) is 0 Å². The number of H-pyrrole nitrogens is 1. The number of fused-ring (bicyclic) bond motifs is 1. The molecule has 0 atom stereocenters. The van der Waals surface area contributed by atoms with E-state index in [2.05, 4.69) is 9.97 Å². The normalized spacial score (nSPS) is 10.7. The molecular weight excluding hydrogens is 262 g/mol. The van der Waals surface area contributed by atoms with Gasteiger partial charge in [-0.2, -0.15) is 0 Å². The molecule has 0 saturated carbocycles. The second-order valence-corrected chi connectivity index (χ2v) is 5.14. The molecule has 1 aromatic carbocycles. The molecular formula is C17H17N3O. The van der Waals surface area contributed by atoms with Crippen LogP contribution in [-0.2, 0) is 17.8 Å². The van der Waals surface area contributed by atoms with Crippen molar-refractivity contribution in [3.05, 3.63) is 66.1 Å². The minimum absolute atomic E-state index is 0.112. The summed E-state index contributed by atoms with van der Waals surface area (Å²) in [5.74, 6) is 0.112. The van der Waals surface area contributed by atoms with Crippen molar-refractivity contribution in [1.82, 2.24) is 14.9 Å². The number of benzene rings is 1. The molecule has 3 rings (SSSR count). The zero-order valence-electron chi connectivity index (χ0n) is 11.9. The molecule has 0 fully saturated rings. The third-order valence-electron chi connectivity index (χ3n) is 3.62. The zero-order chi connectivity index (χ0) is 14.7. The minimum Gasteiger partial charge on any atom is -0.361 e. The fourth-order valence-electron chi connectivity index (χ4n) is 2.45. The molecule has 0 radical (unpaired) electrons. The van der Waals surface area contributed by atoms with Gasteiger partial charge in [0, 0.05) is 43.1 Å². The summed E-state index contributed by atoms with van der Waals surface area (Å²) in [6.45, 7) is 0.602. The Hall–Kier alpha value is -2.62. The molecule has 2 heterocycles. The Morgan fingerprint density at radius 2 is 2.00 bits per heavy atom. The second-order valence-electron chi connectivity index (χ2n) is 5.14. The van der Waals surface area contributed by atoms with Gasteiger partial charge in [0.25, 0.3) is 0 Å². The van der Waals surface area contributed by atoms with Gasteiger partial charge in [0.15, 0.2) is 0 Å². The highest BCUT2D eigenvalue weighted by atomic mass is 16.2. The summed E-state index contributed by atoms with van der Waals surface area (Å²) in [5, 5.41) is 1.11. The number of hydrogen-bond acceptors (Lipinski definition) is 2. The lowest BCUT2D eigenvalue weighted by Gasteiger charge is -2.17. The number of likely N-dealkylation sites (N-methyl/N-ethyl adjacent to an activating group) is 1. The highest BCUT2D eigenvalue weighted by Gasteiger charge is 2.12. The predicted molar refractivity (Wildman–Crippen MR) is 82.7 cm³/mol. The van der Waals surface area contributed by atoms with Gasteiger partial charge in [-0.05, 0) is 35.4 Å². The summed E-state index contributed by atoms with van der Waals surface area (Å²) in [7, 11) is 1.83. The molecule has 4 nitrogen and oxygen atoms in total. The van der Waals surface area contributed by atoms with Crippen LogP contribution < -0.4 is 0 Å². The molecule has 0 bridgehead atoms. The van der Waals surface area contributed by atoms with Crippen molar-refractivity contribution >= 4 is 16.8 Å². The van der Waals surface area contributed by atoms with Crippen molar-refractivity contribution in [2.75, 3.05) is 7.05 Å². The molecule has 0 unspecified atom stereocenters. The Kier molecular flexibility index (Phi) is 3.69. The number of hydrogen-bond donors (Lipinski definition) is 1. The van der Waals surface area contributed by atoms with E-state index >= 15 is 0 Å². The van der Waals surface area contributed by atoms with Crippen LogP contribution in [0, 0.1) is 0 Å². The van der Waals surface area contributed by atoms with E-state index in [4.69, 9.17) is 0 Å². The average Bonchev–Trinajstić information content (AvgIpc) is 2.98. The maximum absolute atomic E-state index is 12.4. The molecule has 1 N–H and O–H groups in total. The van der Waals surface area contributed by atoms with Gasteiger partial charge in [-0.25, -0.2) is 0 Å². The van der Waals surface area contributed by atoms with Gasteiger partial charge in [-0.1, -0.05) is 12.1 Å². The van der Waals surface area contributed by atoms with Crippen LogP contribution in [0.2, 0.25) is 0 Å². The largest absolute Gasteiger partial charge is 0.361 e. The molecule has 0 saturated heterocycles. The van der Waals surface area contributed by atoms with E-state index in [0.717, 1.165) is 22.0 Å². The highest BCUT2D eigenvalue weighted by molar-refractivity contribution is 5.88. The summed E-state index contributed by atoms with van der Waals surface area (Å²) >= 11 is 0. The number of rotatable bonds is 4. The number of carbonyl (C=O) groups excluding carboxylic acids is 1. The number of carbonyl (C=O) groups is 1. The molecule has 0 aliphatic carbocycles. The third kappa shape index (κ3) is 2.94. The maximum Gasteiger partial charge on any atom is 0.227 e. The summed E-state index contributed by atoms with van der Waals surface area (Å²) in [4.78, 5) is 21.3. The van der Waals surface area contributed by atoms with Crippen LogP contribution in [0.15, 0.2) is 55.0 Å². The van der Waals surface area contributed by atoms with Crippen LogP contribution in [0.25, 0.3) is 10.9 Å². The van der Waals surface area contributed by atoms with E-state index in [1.54, 1.807) is 17.3 Å². The minimum atomic E-state index is 0.112. The molecule has 0 spiro atoms. The van der Waals surface area contributed by atoms with Crippen molar-refractivity contribution in [1.29, 1.82) is 0 Å². The van der Waals surface area contributed by atoms with Crippen molar-refractivity contribution in [2.24, 2.45) is 0 Å². The summed E-state index contributed by atoms with van der Waals surface area (Å²) in [6, 6.07) is 11.9. The first-order valence-electron chi connectivity index (χ1n) is 6.92. The summed E-state index contributed by atoms with van der Waals surface area (Å²) in [6.07, 6.45) is 5.80. The predicted octanol–water partition coefficient (Wildman–Crippen LogP) is 2.76. The van der Waals surface area contributed by atoms with E-state index < -0.39 is 0 Å². The van der Waals surface area contributed by atoms with E-state index in [0.29, 0.717) is 13.0 Å². The van der Waals surface area contributed by atoms with Crippen LogP contribution in [0.5, 0.6) is 0 Å². The Morgan fingerprint density at radius 3 is 2.81 bits per heavy atom. The number of aromatic amines is 1. The Bertz CT molecular complexity index is 749. The van der Waals surface area contributed by atoms with Crippen molar-refractivity contribution in [2.45, 2.75) is 13.0 Å². The number of nitrogens with zero attached hydrogens (tertiary/aromatic N) is 2. The summed E-state index contributed by atoms with van der Waals surface area (Å²) < 4.78 is 0. The maximum atomic E-state index is 12.4. The molecule has 0 aliphatic rings. The monoisotopic (exact) mass is 279 g/mol. The lowest BCUT2D eigenvalue weighted by molar-refractivity contribution is -0.129. The SMILES string of the molecule is CN(Cc1ccncc1)C(=O)Cc1cccc2[nH]ccc12. The second kappa shape index (κ2) is 5.79. The lowest BCUT2D eigenvalue weighted by atomic mass is 10.1. The van der Waals surface area contributed by atoms with Crippen LogP contribution in [0.4, 0.5) is 0 Å². The van der Waals surface area contributed by atoms with Gasteiger partial charge < -0.3 is 9.88 Å². The Balaban J connectivity index is 1.72. The molecule has 2 aromatic heterocycles. The smallest absolute Gasteiger partial charge is 0.227 e. The van der Waals surface area contributed by atoms with Crippen molar-refractivity contribution in [3.63, 3.8) is 0 Å². The fraction of sp³-hybridized carbons (Fsp3) is 0.176. The summed E-state index contributed by atoms with van der Waals surface area (Å²) in [5.41, 5.74) is 3.21. The van der Waals surface area contributed by atoms with E-state index in [9.17, 15) is 4.79 Å². The Labute approximate surface area is 123 Å². The van der Waals surface area contributed by atoms with Gasteiger partial charge >= 0.3 is 0 Å². The van der Waals surface area contributed by atoms with Gasteiger partial charge in [0.05, 0.1) is 6.42 Å². The topological polar surface area (TPSA) is 49.0 Å². The van der Waals surface area contributed by atoms with Gasteiger partial charge in [0.1, 0.15) is 0 Å². The van der Waals surface area contributed by atoms with E-state index in [1.165, 1.54) is 0 Å². The number of amides is 1. The van der Waals surface area contributed by atoms with Crippen molar-refractivity contribution in [3.8, 4) is 0 Å². The number of pyridine rings is 1. The highest BCUT2D eigenvalue weighted by Crippen LogP contribution is 2.18. The quantitative estimate of drug-likeness (QED) is 0.798. The molecule has 1 amide bonds. The zero-order valence-corrected chi connectivity index (χ0v) is 11.9. The van der Waals surface area contributed by atoms with Crippen LogP contribution in [-0.4, -0.2) is 27.8 Å². The molecule has 106 valence electrons. The van der Waals surface area contributed by atoms with E-state index in [-0.39, 0.29) is 5.91 Å². The number of nitrogens with one attached hydrogen (secondary N) is 1. The lowest BCUT2D eigenvalue weighted by Crippen LogP contribution is -2.27. The molecule has 4 heteroatoms. The van der Waals surface area contributed by atoms with Gasteiger partial charge in [-0.3, -0.25) is 9.78 Å². The van der Waals surface area contributed by atoms with Crippen LogP contribution in [0.1, 0.15) is 11.1 Å². The average molecular weight is 279 g/mol. The van der Waals surface area contributed by atoms with Gasteiger partial charge in [0.2, 0.25) is 5.91 Å². The van der Waals surface area contributed by atoms with Gasteiger partial charge in [-0.15, -0.1) is 0 Å².